The summed E-state index contributed by atoms with van der Waals surface area (Å²) in [7, 11) is 0. The first-order chi connectivity index (χ1) is 17.4. The molecule has 9 nitrogen and oxygen atoms in total. The highest BCUT2D eigenvalue weighted by Gasteiger charge is 2.62. The topological polar surface area (TPSA) is 102 Å². The Bertz CT molecular complexity index is 1340. The van der Waals surface area contributed by atoms with Crippen molar-refractivity contribution in [1.29, 1.82) is 0 Å². The van der Waals surface area contributed by atoms with Gasteiger partial charge in [0.2, 0.25) is 11.9 Å². The molecule has 6 rings (SSSR count). The van der Waals surface area contributed by atoms with E-state index in [9.17, 15) is 9.59 Å². The maximum atomic E-state index is 12.6. The van der Waals surface area contributed by atoms with Crippen LogP contribution < -0.4 is 10.2 Å². The summed E-state index contributed by atoms with van der Waals surface area (Å²) >= 11 is 0. The third-order valence-corrected chi connectivity index (χ3v) is 6.96. The van der Waals surface area contributed by atoms with Gasteiger partial charge in [-0.1, -0.05) is 12.1 Å². The number of nitrogens with zero attached hydrogens (tertiary/aromatic N) is 5. The molecule has 3 aliphatic rings. The van der Waals surface area contributed by atoms with Crippen molar-refractivity contribution in [3.8, 4) is 22.5 Å². The van der Waals surface area contributed by atoms with Crippen molar-refractivity contribution in [2.24, 2.45) is 5.92 Å². The van der Waals surface area contributed by atoms with Crippen LogP contribution in [-0.4, -0.2) is 42.9 Å². The van der Waals surface area contributed by atoms with E-state index in [1.165, 1.54) is 0 Å². The number of amides is 2. The monoisotopic (exact) mass is 502 g/mol. The number of benzene rings is 1. The molecule has 194 valence electrons. The maximum Gasteiger partial charge on any atom is 0.412 e. The molecule has 37 heavy (non-hydrogen) atoms. The Morgan fingerprint density at radius 2 is 1.92 bits per heavy atom. The van der Waals surface area contributed by atoms with Crippen LogP contribution in [0.1, 0.15) is 66.8 Å². The summed E-state index contributed by atoms with van der Waals surface area (Å²) in [5, 5.41) is 7.66. The number of anilines is 2. The van der Waals surface area contributed by atoms with Gasteiger partial charge in [-0.15, -0.1) is 0 Å². The third kappa shape index (κ3) is 4.82. The van der Waals surface area contributed by atoms with Crippen molar-refractivity contribution in [1.82, 2.24) is 19.7 Å². The van der Waals surface area contributed by atoms with Crippen molar-refractivity contribution < 1.29 is 14.3 Å². The second kappa shape index (κ2) is 8.97. The van der Waals surface area contributed by atoms with E-state index >= 15 is 0 Å². The Kier molecular flexibility index (Phi) is 6.04. The lowest BCUT2D eigenvalue weighted by Crippen LogP contribution is -2.70. The zero-order valence-electron chi connectivity index (χ0n) is 22.3. The minimum Gasteiger partial charge on any atom is -0.444 e. The predicted octanol–water partition coefficient (Wildman–Crippen LogP) is 5.84. The molecule has 9 heteroatoms. The van der Waals surface area contributed by atoms with Crippen LogP contribution in [0.2, 0.25) is 0 Å². The maximum absolute atomic E-state index is 12.6. The first-order valence-electron chi connectivity index (χ1n) is 12.8. The molecular formula is C28H34N6O3. The van der Waals surface area contributed by atoms with E-state index in [0.29, 0.717) is 17.3 Å². The molecule has 1 N–H and O–H groups in total. The Morgan fingerprint density at radius 3 is 2.51 bits per heavy atom. The SMILES string of the molecule is CC(=O)N(c1nccc(-c2cn(C(C)C)nc2-c2cccc(NC(=O)OC(C)(C)C)c2)n1)C12CC(C1)C2. The Balaban J connectivity index is 1.51. The van der Waals surface area contributed by atoms with Crippen LogP contribution in [0, 0.1) is 5.92 Å². The molecule has 0 unspecified atom stereocenters. The molecule has 0 radical (unpaired) electrons. The minimum absolute atomic E-state index is 0.0330. The van der Waals surface area contributed by atoms with Crippen molar-refractivity contribution >= 4 is 23.6 Å². The van der Waals surface area contributed by atoms with E-state index in [1.54, 1.807) is 18.0 Å². The predicted molar refractivity (Wildman–Crippen MR) is 142 cm³/mol. The van der Waals surface area contributed by atoms with Gasteiger partial charge in [0.15, 0.2) is 0 Å². The smallest absolute Gasteiger partial charge is 0.412 e. The van der Waals surface area contributed by atoms with Crippen molar-refractivity contribution in [2.45, 2.75) is 78.0 Å². The number of aromatic nitrogens is 4. The lowest BCUT2D eigenvalue weighted by atomic mass is 9.49. The summed E-state index contributed by atoms with van der Waals surface area (Å²) in [6, 6.07) is 9.47. The molecule has 0 spiro atoms. The van der Waals surface area contributed by atoms with Crippen LogP contribution in [0.3, 0.4) is 0 Å². The van der Waals surface area contributed by atoms with E-state index in [1.807, 2.05) is 62.0 Å². The summed E-state index contributed by atoms with van der Waals surface area (Å²) in [6.45, 7) is 11.2. The van der Waals surface area contributed by atoms with E-state index in [4.69, 9.17) is 14.8 Å². The number of hydrogen-bond acceptors (Lipinski definition) is 6. The zero-order chi connectivity index (χ0) is 26.5. The van der Waals surface area contributed by atoms with Crippen LogP contribution in [0.4, 0.5) is 16.4 Å². The average Bonchev–Trinajstić information content (AvgIpc) is 3.20. The first kappa shape index (κ1) is 24.9. The van der Waals surface area contributed by atoms with E-state index in [0.717, 1.165) is 42.0 Å². The normalized spacial score (nSPS) is 20.1. The highest BCUT2D eigenvalue weighted by atomic mass is 16.6. The third-order valence-electron chi connectivity index (χ3n) is 6.96. The number of rotatable bonds is 6. The van der Waals surface area contributed by atoms with E-state index in [-0.39, 0.29) is 17.5 Å². The average molecular weight is 503 g/mol. The number of carbonyl (C=O) groups excluding carboxylic acids is 2. The first-order valence-corrected chi connectivity index (χ1v) is 12.8. The van der Waals surface area contributed by atoms with Crippen LogP contribution in [-0.2, 0) is 9.53 Å². The number of carbonyl (C=O) groups is 2. The van der Waals surface area contributed by atoms with Crippen molar-refractivity contribution in [2.75, 3.05) is 10.2 Å². The molecular weight excluding hydrogens is 468 g/mol. The van der Waals surface area contributed by atoms with Gasteiger partial charge in [0.05, 0.1) is 11.2 Å². The fraction of sp³-hybridized carbons (Fsp3) is 0.464. The number of hydrogen-bond donors (Lipinski definition) is 1. The Hall–Kier alpha value is -3.75. The molecule has 3 aromatic rings. The van der Waals surface area contributed by atoms with Gasteiger partial charge in [0, 0.05) is 42.2 Å². The quantitative estimate of drug-likeness (QED) is 0.454. The second-order valence-corrected chi connectivity index (χ2v) is 11.5. The number of ether oxygens (including phenoxy) is 1. The van der Waals surface area contributed by atoms with Crippen molar-refractivity contribution in [3.05, 3.63) is 42.7 Å². The van der Waals surface area contributed by atoms with Gasteiger partial charge in [-0.3, -0.25) is 19.7 Å². The van der Waals surface area contributed by atoms with Gasteiger partial charge in [0.1, 0.15) is 11.3 Å². The van der Waals surface area contributed by atoms with Gasteiger partial charge in [-0.25, -0.2) is 14.8 Å². The minimum atomic E-state index is -0.594. The van der Waals surface area contributed by atoms with Crippen molar-refractivity contribution in [3.63, 3.8) is 0 Å². The highest BCUT2D eigenvalue weighted by Crippen LogP contribution is 2.61. The molecule has 0 saturated heterocycles. The van der Waals surface area contributed by atoms with Gasteiger partial charge in [-0.2, -0.15) is 5.10 Å². The van der Waals surface area contributed by atoms with Gasteiger partial charge >= 0.3 is 6.09 Å². The number of nitrogens with one attached hydrogen (secondary N) is 1. The summed E-state index contributed by atoms with van der Waals surface area (Å²) in [6.07, 6.45) is 6.22. The lowest BCUT2D eigenvalue weighted by Gasteiger charge is -2.65. The Morgan fingerprint density at radius 1 is 1.19 bits per heavy atom. The zero-order valence-corrected chi connectivity index (χ0v) is 22.3. The van der Waals surface area contributed by atoms with Gasteiger partial charge in [0.25, 0.3) is 0 Å². The second-order valence-electron chi connectivity index (χ2n) is 11.5. The highest BCUT2D eigenvalue weighted by molar-refractivity contribution is 5.92. The fourth-order valence-electron chi connectivity index (χ4n) is 5.22. The fourth-order valence-corrected chi connectivity index (χ4v) is 5.22. The standard InChI is InChI=1S/C28H34N6O3/c1-17(2)33-16-22(23-10-11-29-25(31-23)34(18(3)35)28-13-19(14-28)15-28)24(32-33)20-8-7-9-21(12-20)30-26(36)37-27(4,5)6/h7-12,16-17,19H,13-15H2,1-6H3,(H,30,36). The molecule has 3 fully saturated rings. The molecule has 2 bridgehead atoms. The molecule has 2 amide bonds. The van der Waals surface area contributed by atoms with Crippen LogP contribution in [0.15, 0.2) is 42.7 Å². The van der Waals surface area contributed by atoms with Crippen LogP contribution in [0.25, 0.3) is 22.5 Å². The lowest BCUT2D eigenvalue weighted by molar-refractivity contribution is -0.123. The summed E-state index contributed by atoms with van der Waals surface area (Å²) < 4.78 is 7.29. The van der Waals surface area contributed by atoms with Crippen LogP contribution in [0.5, 0.6) is 0 Å². The molecule has 3 saturated carbocycles. The van der Waals surface area contributed by atoms with E-state index in [2.05, 4.69) is 24.1 Å². The largest absolute Gasteiger partial charge is 0.444 e. The molecule has 2 aromatic heterocycles. The summed E-state index contributed by atoms with van der Waals surface area (Å²) in [5.41, 5.74) is 2.96. The van der Waals surface area contributed by atoms with E-state index < -0.39 is 11.7 Å². The summed E-state index contributed by atoms with van der Waals surface area (Å²) in [5.74, 6) is 1.13. The van der Waals surface area contributed by atoms with Crippen LogP contribution >= 0.6 is 0 Å². The molecule has 2 heterocycles. The van der Waals surface area contributed by atoms with Gasteiger partial charge in [-0.05, 0) is 78.0 Å². The molecule has 3 aliphatic carbocycles. The molecule has 0 atom stereocenters. The summed E-state index contributed by atoms with van der Waals surface area (Å²) in [4.78, 5) is 36.1. The molecule has 1 aromatic carbocycles. The molecule has 0 aliphatic heterocycles. The Labute approximate surface area is 217 Å². The van der Waals surface area contributed by atoms with Gasteiger partial charge < -0.3 is 4.74 Å².